The summed E-state index contributed by atoms with van der Waals surface area (Å²) in [6, 6.07) is 11.0. The second-order valence-corrected chi connectivity index (χ2v) is 18.0. The van der Waals surface area contributed by atoms with Crippen LogP contribution in [0.2, 0.25) is 5.02 Å². The van der Waals surface area contributed by atoms with Crippen LogP contribution in [0.15, 0.2) is 42.6 Å². The first kappa shape index (κ1) is 33.3. The van der Waals surface area contributed by atoms with Crippen LogP contribution in [0.25, 0.3) is 0 Å². The molecule has 4 rings (SSSR count). The van der Waals surface area contributed by atoms with Crippen molar-refractivity contribution < 1.29 is 18.9 Å². The van der Waals surface area contributed by atoms with Crippen molar-refractivity contribution in [1.82, 2.24) is 25.1 Å². The van der Waals surface area contributed by atoms with Crippen molar-refractivity contribution in [2.75, 3.05) is 37.7 Å². The zero-order chi connectivity index (χ0) is 31.3. The summed E-state index contributed by atoms with van der Waals surface area (Å²) in [4.78, 5) is 27.5. The fraction of sp³-hybridized carbons (Fsp3) is 0.433. The molecule has 3 aromatic rings. The summed E-state index contributed by atoms with van der Waals surface area (Å²) in [5.41, 5.74) is 3.71. The number of amides is 1. The maximum atomic E-state index is 12.5. The number of carbonyl (C=O) groups excluding carboxylic acids is 1. The fourth-order valence-electron chi connectivity index (χ4n) is 3.66. The number of carbonyl (C=O) groups is 1. The minimum Gasteiger partial charge on any atom is -0.506 e. The Labute approximate surface area is 253 Å². The Hall–Kier alpha value is -3.25. The molecular formula is C30H43ClN6O4S. The molecule has 0 saturated heterocycles. The Morgan fingerprint density at radius 3 is 2.26 bits per heavy atom. The number of benzene rings is 2. The fourth-order valence-corrected chi connectivity index (χ4v) is 3.91. The van der Waals surface area contributed by atoms with Gasteiger partial charge >= 0.3 is 0 Å². The van der Waals surface area contributed by atoms with Gasteiger partial charge < -0.3 is 20.6 Å². The van der Waals surface area contributed by atoms with Crippen molar-refractivity contribution >= 4 is 38.4 Å². The van der Waals surface area contributed by atoms with Gasteiger partial charge in [-0.1, -0.05) is 72.8 Å². The molecule has 0 aliphatic carbocycles. The van der Waals surface area contributed by atoms with Crippen molar-refractivity contribution in [3.8, 4) is 11.6 Å². The minimum atomic E-state index is -2.37. The molecule has 2 aromatic carbocycles. The minimum absolute atomic E-state index is 0.0781. The third-order valence-corrected chi connectivity index (χ3v) is 7.99. The molecule has 1 aliphatic heterocycles. The van der Waals surface area contributed by atoms with Gasteiger partial charge in [-0.25, -0.2) is 4.98 Å². The van der Waals surface area contributed by atoms with Crippen LogP contribution in [-0.4, -0.2) is 62.6 Å². The monoisotopic (exact) mass is 618 g/mol. The van der Waals surface area contributed by atoms with Gasteiger partial charge in [0.1, 0.15) is 5.75 Å². The zero-order valence-electron chi connectivity index (χ0n) is 25.7. The molecular weight excluding hydrogens is 576 g/mol. The van der Waals surface area contributed by atoms with E-state index in [0.717, 1.165) is 5.56 Å². The van der Waals surface area contributed by atoms with E-state index >= 15 is 0 Å². The number of phenolic OH excluding ortho intramolecular Hbond substituents is 1. The Kier molecular flexibility index (Phi) is 10.3. The maximum absolute atomic E-state index is 12.5. The normalized spacial score (nSPS) is 14.2. The number of phenols is 1. The number of fused-ring (bicyclic) bond motifs is 1. The summed E-state index contributed by atoms with van der Waals surface area (Å²) in [5, 5.41) is 18.4. The summed E-state index contributed by atoms with van der Waals surface area (Å²) in [6.45, 7) is 9.87. The highest BCUT2D eigenvalue weighted by Gasteiger charge is 2.22. The second kappa shape index (κ2) is 12.9. The van der Waals surface area contributed by atoms with Gasteiger partial charge in [0.2, 0.25) is 11.8 Å². The van der Waals surface area contributed by atoms with Gasteiger partial charge in [-0.2, -0.15) is 4.98 Å². The van der Waals surface area contributed by atoms with Crippen molar-refractivity contribution in [1.29, 1.82) is 0 Å². The molecule has 0 bridgehead atoms. The number of rotatable bonds is 8. The smallest absolute Gasteiger partial charge is 0.252 e. The van der Waals surface area contributed by atoms with E-state index in [1.807, 2.05) is 44.9 Å². The van der Waals surface area contributed by atoms with Crippen LogP contribution in [-0.2, 0) is 28.8 Å². The van der Waals surface area contributed by atoms with E-state index in [-0.39, 0.29) is 39.3 Å². The zero-order valence-corrected chi connectivity index (χ0v) is 27.2. The summed E-state index contributed by atoms with van der Waals surface area (Å²) in [7, 11) is -0.662. The first-order valence-electron chi connectivity index (χ1n) is 13.7. The molecule has 42 heavy (non-hydrogen) atoms. The topological polar surface area (TPSA) is 129 Å². The Morgan fingerprint density at radius 2 is 1.74 bits per heavy atom. The lowest BCUT2D eigenvalue weighted by Gasteiger charge is -2.27. The number of nitrogens with one attached hydrogen (secondary N) is 3. The molecule has 0 atom stereocenters. The second-order valence-electron chi connectivity index (χ2n) is 12.4. The van der Waals surface area contributed by atoms with Crippen LogP contribution in [0.5, 0.6) is 11.6 Å². The third-order valence-electron chi connectivity index (χ3n) is 6.28. The lowest BCUT2D eigenvalue weighted by atomic mass is 9.97. The highest BCUT2D eigenvalue weighted by atomic mass is 35.5. The first-order chi connectivity index (χ1) is 19.4. The van der Waals surface area contributed by atoms with Crippen molar-refractivity contribution in [3.63, 3.8) is 0 Å². The molecule has 10 nitrogen and oxygen atoms in total. The molecule has 0 spiro atoms. The number of hydrogen-bond donors (Lipinski definition) is 4. The molecule has 1 amide bonds. The van der Waals surface area contributed by atoms with E-state index in [1.54, 1.807) is 32.0 Å². The molecule has 12 heteroatoms. The Morgan fingerprint density at radius 1 is 1.14 bits per heavy atom. The number of aromatic hydroxyl groups is 1. The molecule has 0 radical (unpaired) electrons. The van der Waals surface area contributed by atoms with Crippen molar-refractivity contribution in [2.45, 2.75) is 47.2 Å². The van der Waals surface area contributed by atoms with Crippen LogP contribution in [0, 0.1) is 5.41 Å². The van der Waals surface area contributed by atoms with E-state index in [2.05, 4.69) is 37.5 Å². The van der Waals surface area contributed by atoms with Gasteiger partial charge in [0, 0.05) is 37.1 Å². The number of aryl methyl sites for hydroxylation is 1. The Balaban J connectivity index is 0.000000616. The van der Waals surface area contributed by atoms with Crippen molar-refractivity contribution in [3.05, 3.63) is 69.9 Å². The summed E-state index contributed by atoms with van der Waals surface area (Å²) >= 11 is 6.36. The number of aromatic nitrogens is 2. The highest BCUT2D eigenvalue weighted by Crippen LogP contribution is 2.33. The number of hydroxylamine groups is 2. The number of anilines is 2. The average molecular weight is 619 g/mol. The number of halogens is 1. The van der Waals surface area contributed by atoms with Gasteiger partial charge in [-0.05, 0) is 42.1 Å². The molecule has 0 unspecified atom stereocenters. The predicted octanol–water partition coefficient (Wildman–Crippen LogP) is 5.06. The van der Waals surface area contributed by atoms with Gasteiger partial charge in [-0.3, -0.25) is 13.7 Å². The molecule has 1 aromatic heterocycles. The highest BCUT2D eigenvalue weighted by molar-refractivity contribution is 8.16. The molecule has 4 N–H and O–H groups in total. The van der Waals surface area contributed by atoms with Crippen LogP contribution in [0.3, 0.4) is 0 Å². The van der Waals surface area contributed by atoms with E-state index in [9.17, 15) is 14.1 Å². The molecule has 0 saturated carbocycles. The van der Waals surface area contributed by atoms with E-state index in [4.69, 9.17) is 16.4 Å². The average Bonchev–Trinajstić information content (AvgIpc) is 3.31. The van der Waals surface area contributed by atoms with Gasteiger partial charge in [0.15, 0.2) is 0 Å². The van der Waals surface area contributed by atoms with Gasteiger partial charge in [0.25, 0.3) is 5.91 Å². The molecule has 1 aliphatic rings. The largest absolute Gasteiger partial charge is 0.506 e. The summed E-state index contributed by atoms with van der Waals surface area (Å²) in [5.74, 6) is 0.195. The van der Waals surface area contributed by atoms with E-state index < -0.39 is 9.25 Å². The standard InChI is InChI=1S/C26H30ClN5O3.C4H13NOS/c1-5-16-12-28-25(31-24(16)35-32-13-17-8-6-7-9-18(17)14-32)30-21-11-20(27)19(10-22(21)33)23(34)29-15-26(2,3)4;1-5-7(2,3,4)6/h6-12,33H,5,13-15H2,1-4H3,(H,29,34)(H,28,30,31);1-4H3,(H,5,6). The lowest BCUT2D eigenvalue weighted by Crippen LogP contribution is -2.41. The van der Waals surface area contributed by atoms with Gasteiger partial charge in [-0.15, -0.1) is 5.06 Å². The predicted molar refractivity (Wildman–Crippen MR) is 171 cm³/mol. The summed E-state index contributed by atoms with van der Waals surface area (Å²) < 4.78 is 13.8. The molecule has 230 valence electrons. The molecule has 0 fully saturated rings. The lowest BCUT2D eigenvalue weighted by molar-refractivity contribution is -0.0691. The number of nitrogens with zero attached hydrogens (tertiary/aromatic N) is 3. The van der Waals surface area contributed by atoms with Crippen LogP contribution in [0.1, 0.15) is 54.7 Å². The number of hydrogen-bond acceptors (Lipinski definition) is 8. The third kappa shape index (κ3) is 9.94. The summed E-state index contributed by atoms with van der Waals surface area (Å²) in [6.07, 6.45) is 7.51. The van der Waals surface area contributed by atoms with Crippen LogP contribution in [0.4, 0.5) is 11.6 Å². The first-order valence-corrected chi connectivity index (χ1v) is 17.2. The van der Waals surface area contributed by atoms with E-state index in [0.29, 0.717) is 31.9 Å². The Bertz CT molecular complexity index is 1470. The quantitative estimate of drug-likeness (QED) is 0.258. The van der Waals surface area contributed by atoms with Crippen molar-refractivity contribution in [2.24, 2.45) is 5.41 Å². The van der Waals surface area contributed by atoms with E-state index in [1.165, 1.54) is 23.3 Å². The van der Waals surface area contributed by atoms with Crippen LogP contribution < -0.4 is 20.2 Å². The molecule has 2 heterocycles. The van der Waals surface area contributed by atoms with Crippen LogP contribution >= 0.6 is 11.6 Å². The van der Waals surface area contributed by atoms with Gasteiger partial charge in [0.05, 0.1) is 29.4 Å². The SMILES string of the molecule is CCc1cnc(Nc2cc(Cl)c(C(=O)NCC(C)(C)C)cc2O)nc1ON1Cc2ccccc2C1.CNS(C)(C)(C)=O. The maximum Gasteiger partial charge on any atom is 0.252 e.